The number of hydrogen-bond donors (Lipinski definition) is 2. The highest BCUT2D eigenvalue weighted by Gasteiger charge is 2.83. The molecule has 1 aliphatic heterocycles. The average molecular weight is 334 g/mol. The molecule has 5 fully saturated rings. The fourth-order valence-corrected chi connectivity index (χ4v) is 8.08. The first-order valence-corrected chi connectivity index (χ1v) is 9.41. The third kappa shape index (κ3) is 1.33. The highest BCUT2D eigenvalue weighted by Crippen LogP contribution is 2.77. The lowest BCUT2D eigenvalue weighted by molar-refractivity contribution is -0.162. The van der Waals surface area contributed by atoms with Crippen molar-refractivity contribution in [3.05, 3.63) is 0 Å². The highest BCUT2D eigenvalue weighted by molar-refractivity contribution is 5.85. The molecule has 0 aromatic carbocycles. The molecule has 1 spiro atoms. The van der Waals surface area contributed by atoms with Crippen LogP contribution >= 0.6 is 0 Å². The molecule has 24 heavy (non-hydrogen) atoms. The molecular weight excluding hydrogens is 308 g/mol. The molecule has 0 radical (unpaired) electrons. The number of aliphatic carboxylic acids is 1. The van der Waals surface area contributed by atoms with Gasteiger partial charge in [0.1, 0.15) is 5.60 Å². The highest BCUT2D eigenvalue weighted by atomic mass is 16.6. The molecule has 1 saturated heterocycles. The summed E-state index contributed by atoms with van der Waals surface area (Å²) in [6.45, 7) is 4.01. The number of fused-ring (bicyclic) bond motifs is 1. The van der Waals surface area contributed by atoms with Crippen molar-refractivity contribution in [1.29, 1.82) is 0 Å². The number of carbonyl (C=O) groups excluding carboxylic acids is 1. The predicted molar refractivity (Wildman–Crippen MR) is 83.8 cm³/mol. The van der Waals surface area contributed by atoms with E-state index in [1.165, 1.54) is 0 Å². The number of esters is 1. The molecule has 1 heterocycles. The topological polar surface area (TPSA) is 83.8 Å². The molecule has 2 unspecified atom stereocenters. The van der Waals surface area contributed by atoms with Crippen molar-refractivity contribution in [2.24, 2.45) is 40.4 Å². The van der Waals surface area contributed by atoms with Gasteiger partial charge in [-0.15, -0.1) is 0 Å². The Bertz CT molecular complexity index is 642. The van der Waals surface area contributed by atoms with Crippen LogP contribution < -0.4 is 0 Å². The summed E-state index contributed by atoms with van der Waals surface area (Å²) in [5, 5.41) is 20.8. The van der Waals surface area contributed by atoms with E-state index < -0.39 is 29.0 Å². The van der Waals surface area contributed by atoms with Gasteiger partial charge in [0.05, 0.1) is 17.4 Å². The van der Waals surface area contributed by atoms with Crippen LogP contribution in [0.5, 0.6) is 0 Å². The number of ether oxygens (including phenoxy) is 1. The van der Waals surface area contributed by atoms with E-state index in [0.717, 1.165) is 25.7 Å². The summed E-state index contributed by atoms with van der Waals surface area (Å²) in [6.07, 6.45) is 4.34. The van der Waals surface area contributed by atoms with Crippen LogP contribution in [0.25, 0.3) is 0 Å². The molecule has 5 aliphatic rings. The summed E-state index contributed by atoms with van der Waals surface area (Å²) in [6, 6.07) is 0. The lowest BCUT2D eigenvalue weighted by Gasteiger charge is -2.44. The van der Waals surface area contributed by atoms with Gasteiger partial charge in [0.2, 0.25) is 0 Å². The maximum atomic E-state index is 12.7. The minimum atomic E-state index is -1.06. The Balaban J connectivity index is 1.74. The summed E-state index contributed by atoms with van der Waals surface area (Å²) >= 11 is 0. The molecule has 5 nitrogen and oxygen atoms in total. The number of carboxylic acid groups (broad SMARTS) is 1. The van der Waals surface area contributed by atoms with Gasteiger partial charge in [-0.1, -0.05) is 6.92 Å². The molecule has 5 rings (SSSR count). The summed E-state index contributed by atoms with van der Waals surface area (Å²) in [4.78, 5) is 25.2. The SMILES string of the molecule is C[C@H]1C[C@]23C[C@H]1CCC2[C@]12CC[C@H](O)C(C)(C(=O)O1)[C@H]2[C@@H]3C(=O)O. The van der Waals surface area contributed by atoms with Crippen LogP contribution in [0.2, 0.25) is 0 Å². The molecule has 4 saturated carbocycles. The lowest BCUT2D eigenvalue weighted by atomic mass is 9.59. The second-order valence-corrected chi connectivity index (χ2v) is 9.48. The number of carboxylic acids is 1. The first-order valence-electron chi connectivity index (χ1n) is 9.41. The van der Waals surface area contributed by atoms with E-state index >= 15 is 0 Å². The molecule has 0 aromatic rings. The van der Waals surface area contributed by atoms with Crippen molar-refractivity contribution in [3.63, 3.8) is 0 Å². The molecule has 4 bridgehead atoms. The van der Waals surface area contributed by atoms with Crippen LogP contribution in [-0.2, 0) is 14.3 Å². The normalized spacial score (nSPS) is 60.5. The number of carbonyl (C=O) groups is 2. The van der Waals surface area contributed by atoms with Crippen molar-refractivity contribution in [1.82, 2.24) is 0 Å². The predicted octanol–water partition coefficient (Wildman–Crippen LogP) is 2.22. The van der Waals surface area contributed by atoms with E-state index in [-0.39, 0.29) is 23.2 Å². The van der Waals surface area contributed by atoms with Crippen molar-refractivity contribution < 1.29 is 24.5 Å². The van der Waals surface area contributed by atoms with Gasteiger partial charge in [0, 0.05) is 11.8 Å². The Morgan fingerprint density at radius 1 is 1.25 bits per heavy atom. The summed E-state index contributed by atoms with van der Waals surface area (Å²) in [7, 11) is 0. The van der Waals surface area contributed by atoms with Crippen LogP contribution in [0.3, 0.4) is 0 Å². The molecule has 4 aliphatic carbocycles. The fourth-order valence-electron chi connectivity index (χ4n) is 8.08. The van der Waals surface area contributed by atoms with Gasteiger partial charge < -0.3 is 14.9 Å². The van der Waals surface area contributed by atoms with E-state index in [9.17, 15) is 19.8 Å². The molecule has 9 atom stereocenters. The molecular formula is C19H26O5. The second kappa shape index (κ2) is 4.17. The minimum Gasteiger partial charge on any atom is -0.481 e. The first kappa shape index (κ1) is 15.2. The van der Waals surface area contributed by atoms with Crippen LogP contribution in [0.1, 0.15) is 52.4 Å². The van der Waals surface area contributed by atoms with Crippen LogP contribution in [-0.4, -0.2) is 33.9 Å². The maximum Gasteiger partial charge on any atom is 0.315 e. The van der Waals surface area contributed by atoms with E-state index in [0.29, 0.717) is 24.7 Å². The number of aliphatic hydroxyl groups is 1. The Hall–Kier alpha value is -1.10. The Kier molecular flexibility index (Phi) is 2.64. The van der Waals surface area contributed by atoms with Gasteiger partial charge in [-0.2, -0.15) is 0 Å². The van der Waals surface area contributed by atoms with E-state index in [4.69, 9.17) is 4.74 Å². The van der Waals surface area contributed by atoms with E-state index in [1.54, 1.807) is 6.92 Å². The standard InChI is InChI=1S/C19H26O5/c1-9-7-18-8-10(9)3-4-11(18)19-6-5-12(20)17(2,16(23)24-19)14(19)13(18)15(21)22/h9-14,20H,3-8H2,1-2H3,(H,21,22)/t9-,10+,11?,12-,13+,14+,17?,18-,19-/m0/s1. The third-order valence-corrected chi connectivity index (χ3v) is 8.87. The number of rotatable bonds is 1. The van der Waals surface area contributed by atoms with Gasteiger partial charge in [0.25, 0.3) is 0 Å². The van der Waals surface area contributed by atoms with E-state index in [1.807, 2.05) is 0 Å². The van der Waals surface area contributed by atoms with Gasteiger partial charge in [0.15, 0.2) is 0 Å². The Labute approximate surface area is 141 Å². The summed E-state index contributed by atoms with van der Waals surface area (Å²) < 4.78 is 6.04. The summed E-state index contributed by atoms with van der Waals surface area (Å²) in [5.74, 6) is -0.816. The first-order chi connectivity index (χ1) is 11.3. The number of hydrogen-bond acceptors (Lipinski definition) is 4. The molecule has 5 heteroatoms. The van der Waals surface area contributed by atoms with Crippen molar-refractivity contribution >= 4 is 11.9 Å². The Morgan fingerprint density at radius 3 is 2.71 bits per heavy atom. The maximum absolute atomic E-state index is 12.7. The zero-order chi connectivity index (χ0) is 17.1. The van der Waals surface area contributed by atoms with Crippen LogP contribution in [0, 0.1) is 40.4 Å². The van der Waals surface area contributed by atoms with Gasteiger partial charge in [-0.25, -0.2) is 0 Å². The van der Waals surface area contributed by atoms with E-state index in [2.05, 4.69) is 6.92 Å². The average Bonchev–Trinajstić information content (AvgIpc) is 2.98. The number of aliphatic hydroxyl groups excluding tert-OH is 1. The fraction of sp³-hybridized carbons (Fsp3) is 0.895. The van der Waals surface area contributed by atoms with Crippen LogP contribution in [0.4, 0.5) is 0 Å². The third-order valence-electron chi connectivity index (χ3n) is 8.87. The molecule has 0 amide bonds. The second-order valence-electron chi connectivity index (χ2n) is 9.48. The zero-order valence-electron chi connectivity index (χ0n) is 14.3. The quantitative estimate of drug-likeness (QED) is 0.718. The zero-order valence-corrected chi connectivity index (χ0v) is 14.3. The van der Waals surface area contributed by atoms with Crippen molar-refractivity contribution in [2.45, 2.75) is 64.1 Å². The van der Waals surface area contributed by atoms with Crippen molar-refractivity contribution in [3.8, 4) is 0 Å². The monoisotopic (exact) mass is 334 g/mol. The molecule has 2 N–H and O–H groups in total. The lowest BCUT2D eigenvalue weighted by Crippen LogP contribution is -2.53. The van der Waals surface area contributed by atoms with Gasteiger partial charge in [-0.3, -0.25) is 9.59 Å². The minimum absolute atomic E-state index is 0.149. The molecule has 0 aromatic heterocycles. The largest absolute Gasteiger partial charge is 0.481 e. The summed E-state index contributed by atoms with van der Waals surface area (Å²) in [5.41, 5.74) is -1.96. The van der Waals surface area contributed by atoms with Gasteiger partial charge >= 0.3 is 11.9 Å². The van der Waals surface area contributed by atoms with Gasteiger partial charge in [-0.05, 0) is 62.7 Å². The van der Waals surface area contributed by atoms with Crippen molar-refractivity contribution in [2.75, 3.05) is 0 Å². The van der Waals surface area contributed by atoms with Crippen LogP contribution in [0.15, 0.2) is 0 Å². The molecule has 132 valence electrons. The Morgan fingerprint density at radius 2 is 2.00 bits per heavy atom. The smallest absolute Gasteiger partial charge is 0.315 e.